The average Bonchev–Trinajstić information content (AvgIpc) is 2.82. The van der Waals surface area contributed by atoms with Crippen LogP contribution in [0, 0.1) is 22.2 Å². The lowest BCUT2D eigenvalue weighted by atomic mass is 9.35. The van der Waals surface area contributed by atoms with E-state index in [0.717, 1.165) is 10.00 Å². The minimum Gasteiger partial charge on any atom is -0.365 e. The highest BCUT2D eigenvalue weighted by atomic mass is 79.9. The number of unbranched alkanes of at least 4 members (excludes halogenated alkanes) is 5. The summed E-state index contributed by atoms with van der Waals surface area (Å²) in [6.07, 6.45) is 15.2. The van der Waals surface area contributed by atoms with E-state index in [2.05, 4.69) is 126 Å². The molecule has 1 atom stereocenters. The first kappa shape index (κ1) is 29.1. The lowest BCUT2D eigenvalue weighted by Crippen LogP contribution is -2.63. The lowest BCUT2D eigenvalue weighted by molar-refractivity contribution is -0.234. The van der Waals surface area contributed by atoms with E-state index in [1.807, 2.05) is 0 Å². The van der Waals surface area contributed by atoms with Crippen molar-refractivity contribution in [3.8, 4) is 0 Å². The van der Waals surface area contributed by atoms with Gasteiger partial charge in [0.05, 0.1) is 10.00 Å². The fourth-order valence-electron chi connectivity index (χ4n) is 7.47. The first-order chi connectivity index (χ1) is 17.6. The Hall–Kier alpha value is -0.900. The van der Waals surface area contributed by atoms with Crippen LogP contribution >= 0.6 is 31.9 Å². The van der Waals surface area contributed by atoms with Crippen LogP contribution in [0.15, 0.2) is 70.1 Å². The summed E-state index contributed by atoms with van der Waals surface area (Å²) in [6.45, 7) is 10.4. The molecule has 0 heterocycles. The van der Waals surface area contributed by atoms with Gasteiger partial charge < -0.3 is 4.74 Å². The smallest absolute Gasteiger partial charge is 0.121 e. The molecule has 2 aromatic carbocycles. The van der Waals surface area contributed by atoms with Crippen molar-refractivity contribution in [1.29, 1.82) is 0 Å². The van der Waals surface area contributed by atoms with Crippen LogP contribution in [0.25, 0.3) is 0 Å². The van der Waals surface area contributed by atoms with Gasteiger partial charge in [0.2, 0.25) is 0 Å². The van der Waals surface area contributed by atoms with E-state index in [-0.39, 0.29) is 5.41 Å². The Morgan fingerprint density at radius 1 is 0.838 bits per heavy atom. The highest BCUT2D eigenvalue weighted by Gasteiger charge is 2.67. The third-order valence-electron chi connectivity index (χ3n) is 8.99. The highest BCUT2D eigenvalue weighted by Crippen LogP contribution is 2.75. The molecule has 0 aliphatic heterocycles. The van der Waals surface area contributed by atoms with E-state index in [1.54, 1.807) is 0 Å². The van der Waals surface area contributed by atoms with Gasteiger partial charge in [-0.15, -0.1) is 0 Å². The molecule has 3 aliphatic rings. The molecule has 3 aliphatic carbocycles. The summed E-state index contributed by atoms with van der Waals surface area (Å²) >= 11 is 7.18. The van der Waals surface area contributed by atoms with Gasteiger partial charge in [-0.1, -0.05) is 133 Å². The number of ether oxygens (including phenoxy) is 1. The molecule has 202 valence electrons. The predicted octanol–water partition coefficient (Wildman–Crippen LogP) is 11.2. The van der Waals surface area contributed by atoms with E-state index >= 15 is 0 Å². The molecular formula is C34H46Br2O. The van der Waals surface area contributed by atoms with Gasteiger partial charge in [-0.2, -0.15) is 0 Å². The second-order valence-electron chi connectivity index (χ2n) is 13.1. The summed E-state index contributed by atoms with van der Waals surface area (Å²) in [6, 6.07) is 22.3. The average molecular weight is 631 g/mol. The molecule has 0 N–H and O–H groups in total. The standard InChI is InChI=1S/C34H46Br2O/c1-5-6-7-8-9-16-21-29(31(2,3)4)34(27-17-12-10-13-18-27,28-19-14-11-15-20-28)37-26-33-23-32(24-33,25-33)22-30(35)36/h10-15,17-20,22,29H,5-9,16,21,23-26H2,1-4H3. The van der Waals surface area contributed by atoms with Gasteiger partial charge in [0.15, 0.2) is 0 Å². The molecule has 0 radical (unpaired) electrons. The summed E-state index contributed by atoms with van der Waals surface area (Å²) in [7, 11) is 0. The molecular weight excluding hydrogens is 584 g/mol. The molecule has 0 spiro atoms. The fourth-order valence-corrected chi connectivity index (χ4v) is 8.44. The van der Waals surface area contributed by atoms with E-state index in [1.165, 1.54) is 75.3 Å². The second-order valence-corrected chi connectivity index (χ2v) is 15.8. The number of hydrogen-bond acceptors (Lipinski definition) is 1. The molecule has 3 fully saturated rings. The minimum atomic E-state index is -0.460. The van der Waals surface area contributed by atoms with Crippen molar-refractivity contribution in [3.63, 3.8) is 0 Å². The Balaban J connectivity index is 1.66. The van der Waals surface area contributed by atoms with Gasteiger partial charge in [-0.05, 0) is 84.9 Å². The number of hydrogen-bond donors (Lipinski definition) is 0. The van der Waals surface area contributed by atoms with E-state index < -0.39 is 5.60 Å². The van der Waals surface area contributed by atoms with Crippen LogP contribution in [-0.4, -0.2) is 6.61 Å². The van der Waals surface area contributed by atoms with Crippen molar-refractivity contribution >= 4 is 31.9 Å². The molecule has 3 heteroatoms. The van der Waals surface area contributed by atoms with Crippen molar-refractivity contribution in [2.24, 2.45) is 22.2 Å². The molecule has 3 saturated carbocycles. The summed E-state index contributed by atoms with van der Waals surface area (Å²) in [5, 5.41) is 0. The third kappa shape index (κ3) is 6.47. The first-order valence-corrected chi connectivity index (χ1v) is 16.0. The Bertz CT molecular complexity index is 958. The van der Waals surface area contributed by atoms with Crippen molar-refractivity contribution in [2.75, 3.05) is 6.61 Å². The van der Waals surface area contributed by atoms with Crippen LogP contribution in [-0.2, 0) is 10.3 Å². The zero-order valence-electron chi connectivity index (χ0n) is 23.4. The summed E-state index contributed by atoms with van der Waals surface area (Å²) in [4.78, 5) is 0. The zero-order valence-corrected chi connectivity index (χ0v) is 26.5. The van der Waals surface area contributed by atoms with Gasteiger partial charge in [-0.25, -0.2) is 0 Å². The molecule has 0 aromatic heterocycles. The molecule has 5 rings (SSSR count). The van der Waals surface area contributed by atoms with Crippen molar-refractivity contribution < 1.29 is 4.74 Å². The van der Waals surface area contributed by atoms with Crippen molar-refractivity contribution in [3.05, 3.63) is 81.3 Å². The Labute approximate surface area is 243 Å². The summed E-state index contributed by atoms with van der Waals surface area (Å²) in [5.74, 6) is 0.369. The largest absolute Gasteiger partial charge is 0.365 e. The van der Waals surface area contributed by atoms with Gasteiger partial charge >= 0.3 is 0 Å². The lowest BCUT2D eigenvalue weighted by Gasteiger charge is -2.70. The monoisotopic (exact) mass is 628 g/mol. The SMILES string of the molecule is CCCCCCCCC(C(C)(C)C)C(OCC12CC(C=C(Br)Br)(C1)C2)(c1ccccc1)c1ccccc1. The fraction of sp³-hybridized carbons (Fsp3) is 0.588. The maximum absolute atomic E-state index is 7.44. The summed E-state index contributed by atoms with van der Waals surface area (Å²) in [5.41, 5.74) is 2.94. The van der Waals surface area contributed by atoms with Gasteiger partial charge in [0.25, 0.3) is 0 Å². The van der Waals surface area contributed by atoms with Gasteiger partial charge in [-0.3, -0.25) is 0 Å². The van der Waals surface area contributed by atoms with Crippen LogP contribution < -0.4 is 0 Å². The summed E-state index contributed by atoms with van der Waals surface area (Å²) < 4.78 is 8.52. The second kappa shape index (κ2) is 12.1. The predicted molar refractivity (Wildman–Crippen MR) is 165 cm³/mol. The maximum atomic E-state index is 7.44. The topological polar surface area (TPSA) is 9.23 Å². The van der Waals surface area contributed by atoms with Crippen LogP contribution in [0.2, 0.25) is 0 Å². The van der Waals surface area contributed by atoms with E-state index in [9.17, 15) is 0 Å². The van der Waals surface area contributed by atoms with Crippen LogP contribution in [0.4, 0.5) is 0 Å². The molecule has 0 amide bonds. The van der Waals surface area contributed by atoms with E-state index in [0.29, 0.717) is 16.7 Å². The van der Waals surface area contributed by atoms with Crippen LogP contribution in [0.3, 0.4) is 0 Å². The number of allylic oxidation sites excluding steroid dienone is 1. The number of rotatable bonds is 14. The normalized spacial score (nSPS) is 23.6. The Morgan fingerprint density at radius 2 is 1.35 bits per heavy atom. The first-order valence-electron chi connectivity index (χ1n) is 14.4. The highest BCUT2D eigenvalue weighted by molar-refractivity contribution is 9.28. The Morgan fingerprint density at radius 3 is 1.84 bits per heavy atom. The Kier molecular flexibility index (Phi) is 9.51. The van der Waals surface area contributed by atoms with E-state index in [4.69, 9.17) is 4.74 Å². The van der Waals surface area contributed by atoms with Gasteiger partial charge in [0, 0.05) is 5.92 Å². The zero-order chi connectivity index (χ0) is 26.6. The number of benzene rings is 2. The van der Waals surface area contributed by atoms with Crippen molar-refractivity contribution in [2.45, 2.75) is 97.5 Å². The van der Waals surface area contributed by atoms with Crippen LogP contribution in [0.5, 0.6) is 0 Å². The molecule has 2 bridgehead atoms. The van der Waals surface area contributed by atoms with Gasteiger partial charge in [0.1, 0.15) is 5.60 Å². The molecule has 1 nitrogen and oxygen atoms in total. The molecule has 0 saturated heterocycles. The molecule has 2 aromatic rings. The van der Waals surface area contributed by atoms with Crippen molar-refractivity contribution in [1.82, 2.24) is 0 Å². The molecule has 1 unspecified atom stereocenters. The molecule has 37 heavy (non-hydrogen) atoms. The quantitative estimate of drug-likeness (QED) is 0.189. The maximum Gasteiger partial charge on any atom is 0.121 e. The third-order valence-corrected chi connectivity index (χ3v) is 9.45. The van der Waals surface area contributed by atoms with Crippen LogP contribution in [0.1, 0.15) is 103 Å². The number of halogens is 2. The minimum absolute atomic E-state index is 0.0965.